The number of rotatable bonds is 5. The van der Waals surface area contributed by atoms with E-state index >= 15 is 0 Å². The van der Waals surface area contributed by atoms with Gasteiger partial charge in [0.1, 0.15) is 0 Å². The van der Waals surface area contributed by atoms with Gasteiger partial charge in [0.05, 0.1) is 16.9 Å². The number of alkyl halides is 3. The maximum Gasteiger partial charge on any atom is 0.416 e. The number of carbonyl (C=O) groups excluding carboxylic acids is 2. The van der Waals surface area contributed by atoms with Crippen molar-refractivity contribution in [2.75, 3.05) is 5.32 Å². The SMILES string of the molecule is Cc1ccc(NC(=O)CC(=O)c2ccc([N+](=O)[O-])cc2)cc1C(F)(F)F. The molecule has 0 aromatic heterocycles. The Morgan fingerprint density at radius 3 is 2.27 bits per heavy atom. The van der Waals surface area contributed by atoms with E-state index in [-0.39, 0.29) is 22.5 Å². The number of benzene rings is 2. The monoisotopic (exact) mass is 366 g/mol. The fourth-order valence-corrected chi connectivity index (χ4v) is 2.23. The number of ketones is 1. The number of non-ortho nitro benzene ring substituents is 1. The summed E-state index contributed by atoms with van der Waals surface area (Å²) in [4.78, 5) is 33.8. The molecule has 2 aromatic rings. The Morgan fingerprint density at radius 2 is 1.73 bits per heavy atom. The lowest BCUT2D eigenvalue weighted by Gasteiger charge is -2.12. The van der Waals surface area contributed by atoms with Gasteiger partial charge in [0.2, 0.25) is 5.91 Å². The summed E-state index contributed by atoms with van der Waals surface area (Å²) < 4.78 is 38.6. The molecule has 0 radical (unpaired) electrons. The van der Waals surface area contributed by atoms with Crippen molar-refractivity contribution >= 4 is 23.1 Å². The van der Waals surface area contributed by atoms with Crippen LogP contribution in [0, 0.1) is 17.0 Å². The van der Waals surface area contributed by atoms with E-state index in [4.69, 9.17) is 0 Å². The Bertz CT molecular complexity index is 861. The number of hydrogen-bond donors (Lipinski definition) is 1. The number of nitrogens with zero attached hydrogens (tertiary/aromatic N) is 1. The minimum absolute atomic E-state index is 0.0115. The highest BCUT2D eigenvalue weighted by Crippen LogP contribution is 2.33. The molecule has 6 nitrogen and oxygen atoms in total. The molecule has 0 spiro atoms. The Kier molecular flexibility index (Phi) is 5.39. The first-order chi connectivity index (χ1) is 12.1. The first kappa shape index (κ1) is 19.1. The van der Waals surface area contributed by atoms with Gasteiger partial charge < -0.3 is 5.32 Å². The van der Waals surface area contributed by atoms with Crippen LogP contribution in [0.3, 0.4) is 0 Å². The lowest BCUT2D eigenvalue weighted by Crippen LogP contribution is -2.17. The number of Topliss-reactive ketones (excluding diaryl/α,β-unsaturated/α-hetero) is 1. The van der Waals surface area contributed by atoms with Crippen LogP contribution in [0.4, 0.5) is 24.5 Å². The molecule has 0 aliphatic carbocycles. The molecule has 0 fully saturated rings. The predicted octanol–water partition coefficient (Wildman–Crippen LogP) is 4.13. The van der Waals surface area contributed by atoms with E-state index in [0.29, 0.717) is 0 Å². The van der Waals surface area contributed by atoms with Gasteiger partial charge in [-0.05, 0) is 36.8 Å². The van der Waals surface area contributed by atoms with Crippen LogP contribution in [-0.4, -0.2) is 16.6 Å². The molecule has 1 amide bonds. The minimum atomic E-state index is -4.56. The number of nitro groups is 1. The van der Waals surface area contributed by atoms with Gasteiger partial charge in [-0.3, -0.25) is 19.7 Å². The molecule has 2 rings (SSSR count). The number of nitrogens with one attached hydrogen (secondary N) is 1. The molecule has 136 valence electrons. The number of halogens is 3. The number of nitro benzene ring substituents is 1. The lowest BCUT2D eigenvalue weighted by atomic mass is 10.1. The number of hydrogen-bond acceptors (Lipinski definition) is 4. The van der Waals surface area contributed by atoms with Gasteiger partial charge in [-0.1, -0.05) is 6.07 Å². The third kappa shape index (κ3) is 4.65. The van der Waals surface area contributed by atoms with Crippen LogP contribution >= 0.6 is 0 Å². The molecule has 0 atom stereocenters. The van der Waals surface area contributed by atoms with E-state index in [1.165, 1.54) is 31.2 Å². The van der Waals surface area contributed by atoms with E-state index in [1.54, 1.807) is 0 Å². The molecule has 0 unspecified atom stereocenters. The highest BCUT2D eigenvalue weighted by Gasteiger charge is 2.32. The Labute approximate surface area is 145 Å². The Balaban J connectivity index is 2.06. The molecule has 1 N–H and O–H groups in total. The maximum atomic E-state index is 12.9. The van der Waals surface area contributed by atoms with E-state index < -0.39 is 34.8 Å². The third-order valence-corrected chi connectivity index (χ3v) is 3.55. The summed E-state index contributed by atoms with van der Waals surface area (Å²) in [6.45, 7) is 1.30. The van der Waals surface area contributed by atoms with Crippen molar-refractivity contribution in [2.24, 2.45) is 0 Å². The molecule has 2 aromatic carbocycles. The highest BCUT2D eigenvalue weighted by molar-refractivity contribution is 6.11. The fourth-order valence-electron chi connectivity index (χ4n) is 2.23. The van der Waals surface area contributed by atoms with E-state index in [1.807, 2.05) is 0 Å². The molecule has 9 heteroatoms. The highest BCUT2D eigenvalue weighted by atomic mass is 19.4. The van der Waals surface area contributed by atoms with E-state index in [9.17, 15) is 32.9 Å². The minimum Gasteiger partial charge on any atom is -0.326 e. The van der Waals surface area contributed by atoms with Gasteiger partial charge in [0.25, 0.3) is 5.69 Å². The van der Waals surface area contributed by atoms with Gasteiger partial charge in [-0.2, -0.15) is 13.2 Å². The van der Waals surface area contributed by atoms with Crippen molar-refractivity contribution in [3.8, 4) is 0 Å². The summed E-state index contributed by atoms with van der Waals surface area (Å²) in [5.74, 6) is -1.40. The normalized spacial score (nSPS) is 11.1. The maximum absolute atomic E-state index is 12.9. The predicted molar refractivity (Wildman–Crippen MR) is 86.9 cm³/mol. The second-order valence-corrected chi connectivity index (χ2v) is 5.48. The van der Waals surface area contributed by atoms with Crippen molar-refractivity contribution in [1.29, 1.82) is 0 Å². The number of anilines is 1. The van der Waals surface area contributed by atoms with E-state index in [0.717, 1.165) is 18.2 Å². The van der Waals surface area contributed by atoms with Crippen LogP contribution in [0.25, 0.3) is 0 Å². The molecule has 0 saturated heterocycles. The van der Waals surface area contributed by atoms with Crippen LogP contribution in [0.5, 0.6) is 0 Å². The number of carbonyl (C=O) groups is 2. The molecule has 0 saturated carbocycles. The second-order valence-electron chi connectivity index (χ2n) is 5.48. The van der Waals surface area contributed by atoms with Crippen molar-refractivity contribution in [1.82, 2.24) is 0 Å². The summed E-state index contributed by atoms with van der Waals surface area (Å²) >= 11 is 0. The topological polar surface area (TPSA) is 89.3 Å². The number of amides is 1. The number of aryl methyl sites for hydroxylation is 1. The van der Waals surface area contributed by atoms with E-state index in [2.05, 4.69) is 5.32 Å². The lowest BCUT2D eigenvalue weighted by molar-refractivity contribution is -0.384. The average Bonchev–Trinajstić information content (AvgIpc) is 2.55. The zero-order chi connectivity index (χ0) is 19.5. The van der Waals surface area contributed by atoms with Crippen molar-refractivity contribution in [3.05, 3.63) is 69.3 Å². The van der Waals surface area contributed by atoms with Crippen molar-refractivity contribution < 1.29 is 27.7 Å². The Hall–Kier alpha value is -3.23. The van der Waals surface area contributed by atoms with Gasteiger partial charge in [0.15, 0.2) is 5.78 Å². The molecule has 0 heterocycles. The summed E-state index contributed by atoms with van der Waals surface area (Å²) in [7, 11) is 0. The standard InChI is InChI=1S/C17H13F3N2O4/c1-10-2-5-12(8-14(10)17(18,19)20)21-16(24)9-15(23)11-3-6-13(7-4-11)22(25)26/h2-8H,9H2,1H3,(H,21,24). The van der Waals surface area contributed by atoms with Crippen LogP contribution < -0.4 is 5.32 Å². The van der Waals surface area contributed by atoms with Gasteiger partial charge in [-0.15, -0.1) is 0 Å². The molecule has 0 bridgehead atoms. The fraction of sp³-hybridized carbons (Fsp3) is 0.176. The van der Waals surface area contributed by atoms with Gasteiger partial charge in [0, 0.05) is 23.4 Å². The zero-order valence-corrected chi connectivity index (χ0v) is 13.5. The molecule has 26 heavy (non-hydrogen) atoms. The summed E-state index contributed by atoms with van der Waals surface area (Å²) in [5.41, 5.74) is -1.06. The Morgan fingerprint density at radius 1 is 1.12 bits per heavy atom. The molecule has 0 aliphatic rings. The largest absolute Gasteiger partial charge is 0.416 e. The van der Waals surface area contributed by atoms with Crippen molar-refractivity contribution in [3.63, 3.8) is 0 Å². The first-order valence-electron chi connectivity index (χ1n) is 7.33. The third-order valence-electron chi connectivity index (χ3n) is 3.55. The molecular formula is C17H13F3N2O4. The smallest absolute Gasteiger partial charge is 0.326 e. The summed E-state index contributed by atoms with van der Waals surface area (Å²) in [5, 5.41) is 12.8. The van der Waals surface area contributed by atoms with Crippen LogP contribution in [0.1, 0.15) is 27.9 Å². The quantitative estimate of drug-likeness (QED) is 0.373. The average molecular weight is 366 g/mol. The van der Waals surface area contributed by atoms with Crippen LogP contribution in [0.15, 0.2) is 42.5 Å². The molecular weight excluding hydrogens is 353 g/mol. The van der Waals surface area contributed by atoms with Crippen molar-refractivity contribution in [2.45, 2.75) is 19.5 Å². The van der Waals surface area contributed by atoms with Gasteiger partial charge >= 0.3 is 6.18 Å². The summed E-state index contributed by atoms with van der Waals surface area (Å²) in [6, 6.07) is 7.99. The van der Waals surface area contributed by atoms with Gasteiger partial charge in [-0.25, -0.2) is 0 Å². The molecule has 0 aliphatic heterocycles. The van der Waals surface area contributed by atoms with Crippen LogP contribution in [-0.2, 0) is 11.0 Å². The summed E-state index contributed by atoms with van der Waals surface area (Å²) in [6.07, 6.45) is -5.16. The van der Waals surface area contributed by atoms with Crippen LogP contribution in [0.2, 0.25) is 0 Å². The first-order valence-corrected chi connectivity index (χ1v) is 7.33. The zero-order valence-electron chi connectivity index (χ0n) is 13.5. The second kappa shape index (κ2) is 7.34.